The first-order valence-electron chi connectivity index (χ1n) is 3.40. The van der Waals surface area contributed by atoms with E-state index in [1.165, 1.54) is 0 Å². The summed E-state index contributed by atoms with van der Waals surface area (Å²) in [6.45, 7) is 1.06. The number of nitrogens with zero attached hydrogens (tertiary/aromatic N) is 1. The molecule has 1 rings (SSSR count). The molecule has 0 spiro atoms. The van der Waals surface area contributed by atoms with Crippen LogP contribution in [0.2, 0.25) is 0 Å². The van der Waals surface area contributed by atoms with Gasteiger partial charge in [-0.05, 0) is 13.5 Å². The average Bonchev–Trinajstić information content (AvgIpc) is 2.10. The van der Waals surface area contributed by atoms with Gasteiger partial charge >= 0.3 is 6.36 Å². The number of halogens is 3. The van der Waals surface area contributed by atoms with Crippen LogP contribution >= 0.6 is 0 Å². The van der Waals surface area contributed by atoms with Crippen molar-refractivity contribution in [2.75, 3.05) is 20.1 Å². The van der Waals surface area contributed by atoms with Gasteiger partial charge < -0.3 is 4.90 Å². The van der Waals surface area contributed by atoms with Crippen LogP contribution in [-0.4, -0.2) is 37.5 Å². The van der Waals surface area contributed by atoms with E-state index >= 15 is 0 Å². The summed E-state index contributed by atoms with van der Waals surface area (Å²) in [4.78, 5) is 1.82. The molecule has 0 N–H and O–H groups in total. The quantitative estimate of drug-likeness (QED) is 0.585. The van der Waals surface area contributed by atoms with Crippen LogP contribution in [-0.2, 0) is 4.74 Å². The van der Waals surface area contributed by atoms with Crippen LogP contribution < -0.4 is 0 Å². The number of hydrogen-bond donors (Lipinski definition) is 0. The van der Waals surface area contributed by atoms with Crippen LogP contribution in [0.4, 0.5) is 13.2 Å². The molecule has 1 aliphatic rings. The SMILES string of the molecule is CN1CC[C@@H](OC(F)(F)F)C1. The summed E-state index contributed by atoms with van der Waals surface area (Å²) < 4.78 is 38.6. The van der Waals surface area contributed by atoms with Gasteiger partial charge in [0.05, 0.1) is 6.10 Å². The van der Waals surface area contributed by atoms with Crippen LogP contribution in [0, 0.1) is 0 Å². The second kappa shape index (κ2) is 2.98. The number of likely N-dealkylation sites (tertiary alicyclic amines) is 1. The smallest absolute Gasteiger partial charge is 0.304 e. The molecule has 0 radical (unpaired) electrons. The fraction of sp³-hybridized carbons (Fsp3) is 1.00. The van der Waals surface area contributed by atoms with Crippen molar-refractivity contribution in [3.8, 4) is 0 Å². The van der Waals surface area contributed by atoms with Crippen molar-refractivity contribution in [3.05, 3.63) is 0 Å². The van der Waals surface area contributed by atoms with E-state index in [2.05, 4.69) is 4.74 Å². The van der Waals surface area contributed by atoms with Crippen LogP contribution in [0.25, 0.3) is 0 Å². The largest absolute Gasteiger partial charge is 0.522 e. The Balaban J connectivity index is 2.29. The van der Waals surface area contributed by atoms with Gasteiger partial charge in [0.15, 0.2) is 0 Å². The number of hydrogen-bond acceptors (Lipinski definition) is 2. The van der Waals surface area contributed by atoms with Gasteiger partial charge in [-0.15, -0.1) is 13.2 Å². The monoisotopic (exact) mass is 169 g/mol. The molecule has 1 fully saturated rings. The number of rotatable bonds is 1. The van der Waals surface area contributed by atoms with Crippen molar-refractivity contribution >= 4 is 0 Å². The van der Waals surface area contributed by atoms with Gasteiger partial charge in [0.2, 0.25) is 0 Å². The predicted molar refractivity (Wildman–Crippen MR) is 33.0 cm³/mol. The first-order valence-corrected chi connectivity index (χ1v) is 3.40. The molecule has 1 saturated heterocycles. The summed E-state index contributed by atoms with van der Waals surface area (Å²) >= 11 is 0. The fourth-order valence-electron chi connectivity index (χ4n) is 1.18. The summed E-state index contributed by atoms with van der Waals surface area (Å²) in [5, 5.41) is 0. The molecule has 0 unspecified atom stereocenters. The lowest BCUT2D eigenvalue weighted by atomic mass is 10.3. The zero-order valence-corrected chi connectivity index (χ0v) is 6.19. The van der Waals surface area contributed by atoms with E-state index in [9.17, 15) is 13.2 Å². The molecule has 66 valence electrons. The predicted octanol–water partition coefficient (Wildman–Crippen LogP) is 1.23. The highest BCUT2D eigenvalue weighted by Gasteiger charge is 2.35. The molecule has 0 amide bonds. The Morgan fingerprint density at radius 1 is 1.45 bits per heavy atom. The van der Waals surface area contributed by atoms with Crippen LogP contribution in [0.3, 0.4) is 0 Å². The van der Waals surface area contributed by atoms with Crippen molar-refractivity contribution in [1.29, 1.82) is 0 Å². The minimum atomic E-state index is -4.48. The van der Waals surface area contributed by atoms with Gasteiger partial charge in [-0.3, -0.25) is 4.74 Å². The average molecular weight is 169 g/mol. The third-order valence-corrected chi connectivity index (χ3v) is 1.65. The van der Waals surface area contributed by atoms with Crippen molar-refractivity contribution in [2.45, 2.75) is 18.9 Å². The number of likely N-dealkylation sites (N-methyl/N-ethyl adjacent to an activating group) is 1. The van der Waals surface area contributed by atoms with Gasteiger partial charge in [-0.25, -0.2) is 0 Å². The summed E-state index contributed by atoms with van der Waals surface area (Å²) in [7, 11) is 1.78. The molecule has 0 bridgehead atoms. The van der Waals surface area contributed by atoms with Crippen molar-refractivity contribution in [2.24, 2.45) is 0 Å². The molecule has 1 aliphatic heterocycles. The summed E-state index contributed by atoms with van der Waals surface area (Å²) in [6.07, 6.45) is -4.67. The third kappa shape index (κ3) is 3.07. The fourth-order valence-corrected chi connectivity index (χ4v) is 1.18. The van der Waals surface area contributed by atoms with Gasteiger partial charge in [-0.1, -0.05) is 0 Å². The third-order valence-electron chi connectivity index (χ3n) is 1.65. The Labute approximate surface area is 62.9 Å². The van der Waals surface area contributed by atoms with Gasteiger partial charge in [0.25, 0.3) is 0 Å². The highest BCUT2D eigenvalue weighted by Crippen LogP contribution is 2.22. The minimum Gasteiger partial charge on any atom is -0.304 e. The highest BCUT2D eigenvalue weighted by molar-refractivity contribution is 4.73. The van der Waals surface area contributed by atoms with Gasteiger partial charge in [0, 0.05) is 13.1 Å². The van der Waals surface area contributed by atoms with Gasteiger partial charge in [0.1, 0.15) is 0 Å². The van der Waals surface area contributed by atoms with E-state index in [1.54, 1.807) is 7.05 Å². The number of ether oxygens (including phenoxy) is 1. The van der Waals surface area contributed by atoms with E-state index < -0.39 is 12.5 Å². The van der Waals surface area contributed by atoms with Gasteiger partial charge in [-0.2, -0.15) is 0 Å². The lowest BCUT2D eigenvalue weighted by molar-refractivity contribution is -0.340. The van der Waals surface area contributed by atoms with Crippen molar-refractivity contribution in [1.82, 2.24) is 4.90 Å². The van der Waals surface area contributed by atoms with E-state index in [4.69, 9.17) is 0 Å². The second-order valence-corrected chi connectivity index (χ2v) is 2.74. The zero-order valence-electron chi connectivity index (χ0n) is 6.19. The maximum atomic E-state index is 11.6. The lowest BCUT2D eigenvalue weighted by Crippen LogP contribution is -2.26. The molecular weight excluding hydrogens is 159 g/mol. The summed E-state index contributed by atoms with van der Waals surface area (Å²) in [5.41, 5.74) is 0. The molecule has 0 aliphatic carbocycles. The Morgan fingerprint density at radius 3 is 2.45 bits per heavy atom. The molecule has 1 atom stereocenters. The maximum Gasteiger partial charge on any atom is 0.522 e. The Kier molecular flexibility index (Phi) is 2.39. The maximum absolute atomic E-state index is 11.6. The van der Waals surface area contributed by atoms with E-state index in [-0.39, 0.29) is 0 Å². The van der Waals surface area contributed by atoms with Crippen LogP contribution in [0.15, 0.2) is 0 Å². The summed E-state index contributed by atoms with van der Waals surface area (Å²) in [6, 6.07) is 0. The summed E-state index contributed by atoms with van der Waals surface area (Å²) in [5.74, 6) is 0. The van der Waals surface area contributed by atoms with Crippen LogP contribution in [0.5, 0.6) is 0 Å². The Bertz CT molecular complexity index is 136. The molecule has 0 aromatic carbocycles. The second-order valence-electron chi connectivity index (χ2n) is 2.74. The molecular formula is C6H10F3NO. The van der Waals surface area contributed by atoms with Crippen molar-refractivity contribution < 1.29 is 17.9 Å². The molecule has 11 heavy (non-hydrogen) atoms. The Morgan fingerprint density at radius 2 is 2.09 bits per heavy atom. The molecule has 0 aromatic rings. The molecule has 0 saturated carbocycles. The number of alkyl halides is 3. The standard InChI is InChI=1S/C6H10F3NO/c1-10-3-2-5(4-10)11-6(7,8)9/h5H,2-4H2,1H3/t5-/m1/s1. The van der Waals surface area contributed by atoms with E-state index in [0.717, 1.165) is 0 Å². The molecule has 5 heteroatoms. The molecule has 2 nitrogen and oxygen atoms in total. The Hall–Kier alpha value is -0.290. The first-order chi connectivity index (χ1) is 4.97. The minimum absolute atomic E-state index is 0.375. The molecule has 0 aromatic heterocycles. The first kappa shape index (κ1) is 8.80. The van der Waals surface area contributed by atoms with Crippen LogP contribution in [0.1, 0.15) is 6.42 Å². The molecule has 1 heterocycles. The van der Waals surface area contributed by atoms with E-state index in [0.29, 0.717) is 19.5 Å². The van der Waals surface area contributed by atoms with Crippen molar-refractivity contribution in [3.63, 3.8) is 0 Å². The van der Waals surface area contributed by atoms with E-state index in [1.807, 2.05) is 4.90 Å². The topological polar surface area (TPSA) is 12.5 Å². The normalized spacial score (nSPS) is 27.8. The zero-order chi connectivity index (χ0) is 8.48. The highest BCUT2D eigenvalue weighted by atomic mass is 19.4. The lowest BCUT2D eigenvalue weighted by Gasteiger charge is -2.13.